The average Bonchev–Trinajstić information content (AvgIpc) is 2.80. The molecule has 0 aliphatic rings. The molecule has 8 heteroatoms. The Balaban J connectivity index is 1.65. The molecule has 0 aromatic heterocycles. The highest BCUT2D eigenvalue weighted by Gasteiger charge is 2.23. The van der Waals surface area contributed by atoms with E-state index in [1.807, 2.05) is 6.07 Å². The molecule has 0 aliphatic carbocycles. The summed E-state index contributed by atoms with van der Waals surface area (Å²) in [6.07, 6.45) is 0. The fraction of sp³-hybridized carbons (Fsp3) is 0.174. The molecule has 3 rings (SSSR count). The zero-order chi connectivity index (χ0) is 22.3. The summed E-state index contributed by atoms with van der Waals surface area (Å²) in [5.74, 6) is 0.669. The second-order valence-corrected chi connectivity index (χ2v) is 8.38. The molecule has 3 aromatic rings. The summed E-state index contributed by atoms with van der Waals surface area (Å²) in [6.45, 7) is 1.85. The van der Waals surface area contributed by atoms with Crippen molar-refractivity contribution in [1.29, 1.82) is 0 Å². The number of benzene rings is 3. The molecule has 0 atom stereocenters. The van der Waals surface area contributed by atoms with Crippen LogP contribution in [0.1, 0.15) is 6.92 Å². The minimum atomic E-state index is -3.67. The number of hydrogen-bond acceptors (Lipinski definition) is 5. The summed E-state index contributed by atoms with van der Waals surface area (Å²) in [6, 6.07) is 21.9. The summed E-state index contributed by atoms with van der Waals surface area (Å²) in [5.41, 5.74) is 1.07. The Morgan fingerprint density at radius 3 is 2.23 bits per heavy atom. The van der Waals surface area contributed by atoms with Crippen molar-refractivity contribution >= 4 is 27.3 Å². The van der Waals surface area contributed by atoms with Crippen molar-refractivity contribution in [2.75, 3.05) is 29.9 Å². The fourth-order valence-electron chi connectivity index (χ4n) is 3.00. The van der Waals surface area contributed by atoms with Gasteiger partial charge in [0.1, 0.15) is 11.5 Å². The van der Waals surface area contributed by atoms with Crippen LogP contribution in [0.15, 0.2) is 83.8 Å². The quantitative estimate of drug-likeness (QED) is 0.545. The van der Waals surface area contributed by atoms with E-state index in [2.05, 4.69) is 5.32 Å². The number of amides is 1. The Bertz CT molecular complexity index is 1120. The molecule has 0 fully saturated rings. The van der Waals surface area contributed by atoms with Crippen molar-refractivity contribution in [2.45, 2.75) is 11.8 Å². The maximum Gasteiger partial charge on any atom is 0.264 e. The van der Waals surface area contributed by atoms with E-state index in [-0.39, 0.29) is 24.0 Å². The van der Waals surface area contributed by atoms with Crippen LogP contribution in [0.5, 0.6) is 11.5 Å². The molecule has 1 N–H and O–H groups in total. The number of nitrogens with one attached hydrogen (secondary N) is 1. The molecule has 162 valence electrons. The number of nitrogens with zero attached hydrogens (tertiary/aromatic N) is 1. The molecule has 0 spiro atoms. The van der Waals surface area contributed by atoms with Gasteiger partial charge in [-0.15, -0.1) is 0 Å². The lowest BCUT2D eigenvalue weighted by atomic mass is 10.3. The highest BCUT2D eigenvalue weighted by atomic mass is 32.2. The third-order valence-corrected chi connectivity index (χ3v) is 6.41. The van der Waals surface area contributed by atoms with E-state index in [1.54, 1.807) is 79.7 Å². The van der Waals surface area contributed by atoms with Crippen molar-refractivity contribution in [3.63, 3.8) is 0 Å². The van der Waals surface area contributed by atoms with Crippen molar-refractivity contribution in [1.82, 2.24) is 0 Å². The van der Waals surface area contributed by atoms with Gasteiger partial charge in [0.05, 0.1) is 23.4 Å². The van der Waals surface area contributed by atoms with Crippen LogP contribution in [0.3, 0.4) is 0 Å². The largest absolute Gasteiger partial charge is 0.495 e. The van der Waals surface area contributed by atoms with E-state index >= 15 is 0 Å². The van der Waals surface area contributed by atoms with E-state index in [0.29, 0.717) is 22.9 Å². The number of anilines is 2. The van der Waals surface area contributed by atoms with Gasteiger partial charge in [0, 0.05) is 6.54 Å². The Hall–Kier alpha value is -3.52. The highest BCUT2D eigenvalue weighted by Crippen LogP contribution is 2.26. The number of ether oxygens (including phenoxy) is 2. The van der Waals surface area contributed by atoms with Crippen LogP contribution in [-0.2, 0) is 14.8 Å². The van der Waals surface area contributed by atoms with Crippen molar-refractivity contribution in [2.24, 2.45) is 0 Å². The van der Waals surface area contributed by atoms with Crippen LogP contribution in [0.4, 0.5) is 11.4 Å². The Kier molecular flexibility index (Phi) is 7.15. The molecular weight excluding hydrogens is 416 g/mol. The van der Waals surface area contributed by atoms with Gasteiger partial charge in [-0.2, -0.15) is 0 Å². The van der Waals surface area contributed by atoms with Gasteiger partial charge in [-0.1, -0.05) is 30.3 Å². The maximum atomic E-state index is 12.9. The van der Waals surface area contributed by atoms with E-state index in [0.717, 1.165) is 0 Å². The van der Waals surface area contributed by atoms with Crippen LogP contribution < -0.4 is 19.1 Å². The Morgan fingerprint density at radius 2 is 1.58 bits per heavy atom. The first kappa shape index (κ1) is 22.2. The van der Waals surface area contributed by atoms with Crippen molar-refractivity contribution < 1.29 is 22.7 Å². The lowest BCUT2D eigenvalue weighted by Crippen LogP contribution is -2.30. The standard InChI is InChI=1S/C23H24N2O5S/c1-3-25(31(27,28)20-9-5-4-6-10-20)18-13-15-19(16-14-18)30-17-23(26)24-21-11-7-8-12-22(21)29-2/h4-16H,3,17H2,1-2H3,(H,24,26). The summed E-state index contributed by atoms with van der Waals surface area (Å²) in [7, 11) is -2.14. The Morgan fingerprint density at radius 1 is 0.935 bits per heavy atom. The van der Waals surface area contributed by atoms with E-state index in [4.69, 9.17) is 9.47 Å². The van der Waals surface area contributed by atoms with E-state index in [1.165, 1.54) is 11.4 Å². The van der Waals surface area contributed by atoms with Gasteiger partial charge in [-0.05, 0) is 55.5 Å². The number of carbonyl (C=O) groups excluding carboxylic acids is 1. The lowest BCUT2D eigenvalue weighted by molar-refractivity contribution is -0.118. The molecule has 1 amide bonds. The van der Waals surface area contributed by atoms with Crippen LogP contribution in [-0.4, -0.2) is 34.6 Å². The number of hydrogen-bond donors (Lipinski definition) is 1. The molecule has 0 aliphatic heterocycles. The molecule has 3 aromatic carbocycles. The molecule has 31 heavy (non-hydrogen) atoms. The van der Waals surface area contributed by atoms with Gasteiger partial charge >= 0.3 is 0 Å². The number of sulfonamides is 1. The van der Waals surface area contributed by atoms with Gasteiger partial charge in [-0.25, -0.2) is 8.42 Å². The minimum Gasteiger partial charge on any atom is -0.495 e. The zero-order valence-electron chi connectivity index (χ0n) is 17.3. The zero-order valence-corrected chi connectivity index (χ0v) is 18.1. The summed E-state index contributed by atoms with van der Waals surface area (Å²) >= 11 is 0. The predicted molar refractivity (Wildman–Crippen MR) is 120 cm³/mol. The first-order chi connectivity index (χ1) is 15.0. The fourth-order valence-corrected chi connectivity index (χ4v) is 4.50. The number of rotatable bonds is 9. The average molecular weight is 441 g/mol. The second kappa shape index (κ2) is 9.99. The van der Waals surface area contributed by atoms with E-state index < -0.39 is 10.0 Å². The summed E-state index contributed by atoms with van der Waals surface area (Å²) in [4.78, 5) is 12.4. The van der Waals surface area contributed by atoms with Gasteiger partial charge in [0.15, 0.2) is 6.61 Å². The highest BCUT2D eigenvalue weighted by molar-refractivity contribution is 7.92. The van der Waals surface area contributed by atoms with Crippen molar-refractivity contribution in [3.8, 4) is 11.5 Å². The summed E-state index contributed by atoms with van der Waals surface area (Å²) in [5, 5.41) is 2.73. The second-order valence-electron chi connectivity index (χ2n) is 6.51. The van der Waals surface area contributed by atoms with Crippen LogP contribution >= 0.6 is 0 Å². The van der Waals surface area contributed by atoms with Crippen LogP contribution in [0.2, 0.25) is 0 Å². The molecule has 0 saturated carbocycles. The number of carbonyl (C=O) groups is 1. The first-order valence-electron chi connectivity index (χ1n) is 9.69. The normalized spacial score (nSPS) is 10.9. The molecule has 0 unspecified atom stereocenters. The van der Waals surface area contributed by atoms with Crippen molar-refractivity contribution in [3.05, 3.63) is 78.9 Å². The third-order valence-electron chi connectivity index (χ3n) is 4.49. The van der Waals surface area contributed by atoms with Gasteiger partial charge in [0.25, 0.3) is 15.9 Å². The Labute approximate surface area is 182 Å². The minimum absolute atomic E-state index is 0.197. The first-order valence-corrected chi connectivity index (χ1v) is 11.1. The summed E-state index contributed by atoms with van der Waals surface area (Å²) < 4.78 is 37.9. The molecule has 7 nitrogen and oxygen atoms in total. The lowest BCUT2D eigenvalue weighted by Gasteiger charge is -2.23. The smallest absolute Gasteiger partial charge is 0.264 e. The SMILES string of the molecule is CCN(c1ccc(OCC(=O)Nc2ccccc2OC)cc1)S(=O)(=O)c1ccccc1. The molecule has 0 radical (unpaired) electrons. The maximum absolute atomic E-state index is 12.9. The molecule has 0 heterocycles. The molecule has 0 saturated heterocycles. The predicted octanol–water partition coefficient (Wildman–Crippen LogP) is 3.93. The van der Waals surface area contributed by atoms with Gasteiger partial charge in [-0.3, -0.25) is 9.10 Å². The van der Waals surface area contributed by atoms with Crippen LogP contribution in [0.25, 0.3) is 0 Å². The molecular formula is C23H24N2O5S. The van der Waals surface area contributed by atoms with E-state index in [9.17, 15) is 13.2 Å². The monoisotopic (exact) mass is 440 g/mol. The topological polar surface area (TPSA) is 84.9 Å². The number of para-hydroxylation sites is 2. The van der Waals surface area contributed by atoms with Crippen LogP contribution in [0, 0.1) is 0 Å². The van der Waals surface area contributed by atoms with Gasteiger partial charge < -0.3 is 14.8 Å². The third kappa shape index (κ3) is 5.35. The molecule has 0 bridgehead atoms. The van der Waals surface area contributed by atoms with Gasteiger partial charge in [0.2, 0.25) is 0 Å². The number of methoxy groups -OCH3 is 1.